The average molecular weight is 267 g/mol. The average Bonchev–Trinajstić information content (AvgIpc) is 2.67. The highest BCUT2D eigenvalue weighted by Crippen LogP contribution is 2.43. The van der Waals surface area contributed by atoms with Crippen LogP contribution in [0.2, 0.25) is 0 Å². The first-order chi connectivity index (χ1) is 8.74. The van der Waals surface area contributed by atoms with E-state index in [9.17, 15) is 14.7 Å². The van der Waals surface area contributed by atoms with Gasteiger partial charge in [-0.1, -0.05) is 12.2 Å². The summed E-state index contributed by atoms with van der Waals surface area (Å²) in [5.41, 5.74) is -1.48. The molecule has 1 heterocycles. The molecule has 0 saturated carbocycles. The van der Waals surface area contributed by atoms with Gasteiger partial charge in [0.15, 0.2) is 0 Å². The molecule has 1 saturated heterocycles. The molecule has 2 rings (SSSR count). The number of likely N-dealkylation sites (tertiary alicyclic amines) is 1. The van der Waals surface area contributed by atoms with Crippen molar-refractivity contribution in [1.82, 2.24) is 4.90 Å². The number of nitrogens with zero attached hydrogens (tertiary/aromatic N) is 1. The molecule has 1 aliphatic carbocycles. The maximum atomic E-state index is 12.1. The zero-order valence-corrected chi connectivity index (χ0v) is 11.7. The van der Waals surface area contributed by atoms with Crippen molar-refractivity contribution in [2.75, 3.05) is 13.1 Å². The van der Waals surface area contributed by atoms with E-state index in [0.717, 1.165) is 12.8 Å². The first-order valence-electron chi connectivity index (χ1n) is 6.64. The summed E-state index contributed by atoms with van der Waals surface area (Å²) in [7, 11) is 0. The summed E-state index contributed by atoms with van der Waals surface area (Å²) in [5.74, 6) is -0.859. The highest BCUT2D eigenvalue weighted by atomic mass is 16.6. The largest absolute Gasteiger partial charge is 0.481 e. The van der Waals surface area contributed by atoms with Gasteiger partial charge in [-0.15, -0.1) is 0 Å². The van der Waals surface area contributed by atoms with Gasteiger partial charge < -0.3 is 14.7 Å². The van der Waals surface area contributed by atoms with Gasteiger partial charge in [0.25, 0.3) is 0 Å². The fourth-order valence-corrected chi connectivity index (χ4v) is 2.85. The second-order valence-electron chi connectivity index (χ2n) is 6.38. The molecule has 0 aromatic carbocycles. The summed E-state index contributed by atoms with van der Waals surface area (Å²) < 4.78 is 5.32. The number of rotatable bonds is 1. The number of ether oxygens (including phenoxy) is 1. The number of allylic oxidation sites excluding steroid dienone is 1. The van der Waals surface area contributed by atoms with Gasteiger partial charge in [0, 0.05) is 13.1 Å². The normalized spacial score (nSPS) is 30.1. The van der Waals surface area contributed by atoms with Crippen LogP contribution in [0.15, 0.2) is 12.2 Å². The van der Waals surface area contributed by atoms with Crippen LogP contribution in [0, 0.1) is 11.3 Å². The van der Waals surface area contributed by atoms with Crippen molar-refractivity contribution in [2.45, 2.75) is 39.2 Å². The lowest BCUT2D eigenvalue weighted by Crippen LogP contribution is -2.40. The van der Waals surface area contributed by atoms with Gasteiger partial charge in [-0.2, -0.15) is 0 Å². The van der Waals surface area contributed by atoms with Gasteiger partial charge in [-0.25, -0.2) is 4.79 Å². The van der Waals surface area contributed by atoms with Crippen LogP contribution in [-0.4, -0.2) is 40.8 Å². The number of hydrogen-bond donors (Lipinski definition) is 1. The molecule has 2 aliphatic rings. The number of carbonyl (C=O) groups is 2. The zero-order chi connectivity index (χ0) is 14.3. The number of fused-ring (bicyclic) bond motifs is 1. The fraction of sp³-hybridized carbons (Fsp3) is 0.714. The van der Waals surface area contributed by atoms with E-state index in [1.165, 1.54) is 4.90 Å². The standard InChI is InChI=1S/C14H21NO4/c1-13(2,3)19-12(18)15-8-10-6-4-5-7-14(10,9-15)11(16)17/h5,7,10H,4,6,8-9H2,1-3H3,(H,16,17). The number of aliphatic carboxylic acids is 1. The van der Waals surface area contributed by atoms with Crippen molar-refractivity contribution in [3.05, 3.63) is 12.2 Å². The van der Waals surface area contributed by atoms with Crippen molar-refractivity contribution in [1.29, 1.82) is 0 Å². The van der Waals surface area contributed by atoms with Crippen LogP contribution >= 0.6 is 0 Å². The minimum atomic E-state index is -0.921. The maximum absolute atomic E-state index is 12.1. The molecule has 2 unspecified atom stereocenters. The molecule has 106 valence electrons. The predicted octanol–water partition coefficient (Wildman–Crippen LogP) is 2.27. The van der Waals surface area contributed by atoms with Crippen LogP contribution in [0.5, 0.6) is 0 Å². The number of carboxylic acids is 1. The van der Waals surface area contributed by atoms with Gasteiger partial charge in [-0.05, 0) is 39.5 Å². The molecule has 1 N–H and O–H groups in total. The van der Waals surface area contributed by atoms with E-state index in [0.29, 0.717) is 6.54 Å². The van der Waals surface area contributed by atoms with Gasteiger partial charge in [-0.3, -0.25) is 4.79 Å². The first-order valence-corrected chi connectivity index (χ1v) is 6.64. The third-order valence-electron chi connectivity index (χ3n) is 3.77. The van der Waals surface area contributed by atoms with E-state index in [4.69, 9.17) is 4.74 Å². The van der Waals surface area contributed by atoms with E-state index in [-0.39, 0.29) is 12.5 Å². The molecule has 2 atom stereocenters. The lowest BCUT2D eigenvalue weighted by molar-refractivity contribution is -0.147. The Morgan fingerprint density at radius 3 is 2.63 bits per heavy atom. The van der Waals surface area contributed by atoms with Crippen molar-refractivity contribution >= 4 is 12.1 Å². The Morgan fingerprint density at radius 1 is 1.42 bits per heavy atom. The monoisotopic (exact) mass is 267 g/mol. The van der Waals surface area contributed by atoms with Crippen LogP contribution in [0.25, 0.3) is 0 Å². The Hall–Kier alpha value is -1.52. The Balaban J connectivity index is 2.15. The fourth-order valence-electron chi connectivity index (χ4n) is 2.85. The molecule has 0 aromatic rings. The Labute approximate surface area is 113 Å². The molecule has 1 aliphatic heterocycles. The SMILES string of the molecule is CC(C)(C)OC(=O)N1CC2CCC=CC2(C(=O)O)C1. The quantitative estimate of drug-likeness (QED) is 0.740. The summed E-state index contributed by atoms with van der Waals surface area (Å²) in [4.78, 5) is 25.2. The molecule has 1 amide bonds. The molecule has 1 fully saturated rings. The van der Waals surface area contributed by atoms with Crippen LogP contribution in [0.4, 0.5) is 4.79 Å². The summed E-state index contributed by atoms with van der Waals surface area (Å²) >= 11 is 0. The Morgan fingerprint density at radius 2 is 2.11 bits per heavy atom. The van der Waals surface area contributed by atoms with Crippen molar-refractivity contribution in [3.63, 3.8) is 0 Å². The minimum Gasteiger partial charge on any atom is -0.481 e. The Kier molecular flexibility index (Phi) is 3.32. The van der Waals surface area contributed by atoms with Gasteiger partial charge >= 0.3 is 12.1 Å². The van der Waals surface area contributed by atoms with E-state index in [1.807, 2.05) is 6.08 Å². The lowest BCUT2D eigenvalue weighted by atomic mass is 9.72. The van der Waals surface area contributed by atoms with E-state index in [1.54, 1.807) is 26.8 Å². The second-order valence-corrected chi connectivity index (χ2v) is 6.38. The molecule has 0 radical (unpaired) electrons. The molecule has 0 bridgehead atoms. The lowest BCUT2D eigenvalue weighted by Gasteiger charge is -2.29. The summed E-state index contributed by atoms with van der Waals surface area (Å²) in [6.07, 6.45) is 4.93. The van der Waals surface area contributed by atoms with Crippen molar-refractivity contribution in [2.24, 2.45) is 11.3 Å². The number of carbonyl (C=O) groups excluding carboxylic acids is 1. The number of amides is 1. The van der Waals surface area contributed by atoms with Crippen molar-refractivity contribution < 1.29 is 19.4 Å². The number of carboxylic acid groups (broad SMARTS) is 1. The third-order valence-corrected chi connectivity index (χ3v) is 3.77. The van der Waals surface area contributed by atoms with Gasteiger partial charge in [0.2, 0.25) is 0 Å². The predicted molar refractivity (Wildman–Crippen MR) is 69.7 cm³/mol. The maximum Gasteiger partial charge on any atom is 0.410 e. The molecule has 0 aromatic heterocycles. The third kappa shape index (κ3) is 2.60. The van der Waals surface area contributed by atoms with E-state index in [2.05, 4.69) is 0 Å². The second kappa shape index (κ2) is 4.54. The molecule has 19 heavy (non-hydrogen) atoms. The Bertz CT molecular complexity index is 424. The zero-order valence-electron chi connectivity index (χ0n) is 11.7. The molecular weight excluding hydrogens is 246 g/mol. The smallest absolute Gasteiger partial charge is 0.410 e. The molecular formula is C14H21NO4. The topological polar surface area (TPSA) is 66.8 Å². The van der Waals surface area contributed by atoms with Gasteiger partial charge in [0.1, 0.15) is 11.0 Å². The minimum absolute atomic E-state index is 0.0116. The summed E-state index contributed by atoms with van der Waals surface area (Å²) in [6, 6.07) is 0. The van der Waals surface area contributed by atoms with Crippen LogP contribution < -0.4 is 0 Å². The molecule has 5 heteroatoms. The molecule has 0 spiro atoms. The summed E-state index contributed by atoms with van der Waals surface area (Å²) in [5, 5.41) is 9.50. The number of hydrogen-bond acceptors (Lipinski definition) is 3. The van der Waals surface area contributed by atoms with Crippen molar-refractivity contribution in [3.8, 4) is 0 Å². The first kappa shape index (κ1) is 13.9. The van der Waals surface area contributed by atoms with E-state index < -0.39 is 23.1 Å². The van der Waals surface area contributed by atoms with E-state index >= 15 is 0 Å². The summed E-state index contributed by atoms with van der Waals surface area (Å²) in [6.45, 7) is 6.09. The highest BCUT2D eigenvalue weighted by Gasteiger charge is 2.53. The van der Waals surface area contributed by atoms with Crippen LogP contribution in [0.3, 0.4) is 0 Å². The van der Waals surface area contributed by atoms with Crippen LogP contribution in [0.1, 0.15) is 33.6 Å². The van der Waals surface area contributed by atoms with Crippen LogP contribution in [-0.2, 0) is 9.53 Å². The van der Waals surface area contributed by atoms with Gasteiger partial charge in [0.05, 0.1) is 0 Å². The molecule has 5 nitrogen and oxygen atoms in total. The highest BCUT2D eigenvalue weighted by molar-refractivity contribution is 5.81.